The van der Waals surface area contributed by atoms with E-state index < -0.39 is 16.3 Å². The highest BCUT2D eigenvalue weighted by atomic mass is 32.2. The van der Waals surface area contributed by atoms with Crippen molar-refractivity contribution in [3.8, 4) is 11.5 Å². The molecule has 0 saturated carbocycles. The van der Waals surface area contributed by atoms with Gasteiger partial charge in [0, 0.05) is 39.4 Å². The zero-order chi connectivity index (χ0) is 31.7. The zero-order valence-corrected chi connectivity index (χ0v) is 25.8. The lowest BCUT2D eigenvalue weighted by atomic mass is 10.1. The molecule has 2 aromatic rings. The molecule has 0 spiro atoms. The van der Waals surface area contributed by atoms with Gasteiger partial charge < -0.3 is 29.0 Å². The molecule has 0 unspecified atom stereocenters. The predicted molar refractivity (Wildman–Crippen MR) is 155 cm³/mol. The van der Waals surface area contributed by atoms with Gasteiger partial charge in [0.25, 0.3) is 12.6 Å². The van der Waals surface area contributed by atoms with Crippen molar-refractivity contribution in [2.45, 2.75) is 52.8 Å². The molecule has 0 bridgehead atoms. The minimum atomic E-state index is -3.92. The number of hydrogen-bond donors (Lipinski definition) is 1. The van der Waals surface area contributed by atoms with Crippen LogP contribution in [-0.2, 0) is 32.9 Å². The maximum atomic E-state index is 12.2. The lowest BCUT2D eigenvalue weighted by Crippen LogP contribution is -2.37. The highest BCUT2D eigenvalue weighted by Crippen LogP contribution is 2.28. The molecule has 0 aliphatic rings. The number of ether oxygens (including phenoxy) is 3. The molecule has 232 valence electrons. The first kappa shape index (κ1) is 36.1. The number of nitrogens with zero attached hydrogens (tertiary/aromatic N) is 2. The fourth-order valence-corrected chi connectivity index (χ4v) is 3.34. The Labute approximate surface area is 248 Å². The van der Waals surface area contributed by atoms with Gasteiger partial charge in [-0.25, -0.2) is 13.2 Å². The normalized spacial score (nSPS) is 11.0. The van der Waals surface area contributed by atoms with Crippen LogP contribution in [0.2, 0.25) is 0 Å². The van der Waals surface area contributed by atoms with Crippen LogP contribution in [0, 0.1) is 5.92 Å². The van der Waals surface area contributed by atoms with Crippen LogP contribution in [0.25, 0.3) is 0 Å². The summed E-state index contributed by atoms with van der Waals surface area (Å²) in [6.07, 6.45) is 10.6. The van der Waals surface area contributed by atoms with E-state index in [1.165, 1.54) is 12.0 Å². The van der Waals surface area contributed by atoms with Gasteiger partial charge in [-0.15, -0.1) is 0 Å². The van der Waals surface area contributed by atoms with Crippen molar-refractivity contribution < 1.29 is 46.1 Å². The van der Waals surface area contributed by atoms with E-state index in [4.69, 9.17) is 27.2 Å². The van der Waals surface area contributed by atoms with Crippen LogP contribution in [0.15, 0.2) is 54.9 Å². The van der Waals surface area contributed by atoms with Gasteiger partial charge in [0.05, 0.1) is 17.2 Å². The number of methoxy groups -OCH3 is 1. The second-order valence-corrected chi connectivity index (χ2v) is 11.2. The number of allylic oxidation sites excluding steroid dienone is 2. The Morgan fingerprint density at radius 2 is 1.81 bits per heavy atom. The SMILES string of the molecule is COc1cc(CNC(=O)CCCC/C=C/C(C)C)ccc1OC(=O)OC[n+]1cccc(C(=O)N(C)C)c1.CS(=O)(=O)[O-]. The summed E-state index contributed by atoms with van der Waals surface area (Å²) in [4.78, 5) is 37.9. The van der Waals surface area contributed by atoms with Crippen molar-refractivity contribution in [3.63, 3.8) is 0 Å². The number of unbranched alkanes of at least 4 members (excludes halogenated alkanes) is 2. The maximum Gasteiger partial charge on any atom is 0.518 e. The summed E-state index contributed by atoms with van der Waals surface area (Å²) >= 11 is 0. The molecule has 0 atom stereocenters. The van der Waals surface area contributed by atoms with Gasteiger partial charge in [0.2, 0.25) is 5.91 Å². The van der Waals surface area contributed by atoms with E-state index >= 15 is 0 Å². The molecule has 0 saturated heterocycles. The number of benzene rings is 1. The van der Waals surface area contributed by atoms with Crippen molar-refractivity contribution in [1.82, 2.24) is 10.2 Å². The molecule has 1 aromatic carbocycles. The van der Waals surface area contributed by atoms with Crippen LogP contribution < -0.4 is 19.4 Å². The lowest BCUT2D eigenvalue weighted by molar-refractivity contribution is -0.727. The standard InChI is InChI=1S/C28H37N3O6.CH4O3S/c1-21(2)11-8-6-7-9-13-26(32)29-18-22-14-15-24(25(17-22)35-5)37-28(34)36-20-31-16-10-12-23(19-31)27(33)30(3)4;1-5(2,3)4/h8,10-12,14-17,19,21H,6-7,9,13,18,20H2,1-5H3;1H3,(H,2,3,4)/b11-8+;. The number of pyridine rings is 1. The molecule has 12 nitrogen and oxygen atoms in total. The van der Waals surface area contributed by atoms with Crippen LogP contribution in [0.4, 0.5) is 4.79 Å². The summed E-state index contributed by atoms with van der Waals surface area (Å²) in [5.41, 5.74) is 1.27. The first-order valence-electron chi connectivity index (χ1n) is 13.3. The molecule has 1 heterocycles. The second-order valence-electron chi connectivity index (χ2n) is 9.82. The van der Waals surface area contributed by atoms with Gasteiger partial charge in [-0.3, -0.25) is 9.59 Å². The number of aromatic nitrogens is 1. The minimum Gasteiger partial charge on any atom is -0.748 e. The van der Waals surface area contributed by atoms with Gasteiger partial charge in [0.1, 0.15) is 5.56 Å². The van der Waals surface area contributed by atoms with Crippen molar-refractivity contribution in [2.75, 3.05) is 27.5 Å². The molecule has 2 rings (SSSR count). The number of hydrogen-bond acceptors (Lipinski definition) is 9. The first-order chi connectivity index (χ1) is 19.7. The number of nitrogens with one attached hydrogen (secondary N) is 1. The second kappa shape index (κ2) is 18.5. The number of amides is 2. The summed E-state index contributed by atoms with van der Waals surface area (Å²) in [6.45, 7) is 4.49. The van der Waals surface area contributed by atoms with Gasteiger partial charge >= 0.3 is 6.16 Å². The largest absolute Gasteiger partial charge is 0.748 e. The smallest absolute Gasteiger partial charge is 0.518 e. The Morgan fingerprint density at radius 1 is 1.12 bits per heavy atom. The monoisotopic (exact) mass is 607 g/mol. The molecular weight excluding hydrogens is 566 g/mol. The fraction of sp³-hybridized carbons (Fsp3) is 0.448. The quantitative estimate of drug-likeness (QED) is 0.0900. The van der Waals surface area contributed by atoms with E-state index in [1.54, 1.807) is 61.4 Å². The average Bonchev–Trinajstić information content (AvgIpc) is 2.91. The molecule has 0 radical (unpaired) electrons. The Kier molecular flexibility index (Phi) is 15.8. The molecule has 0 aliphatic carbocycles. The molecular formula is C29H41N3O9S. The Hall–Kier alpha value is -3.97. The summed E-state index contributed by atoms with van der Waals surface area (Å²) in [6, 6.07) is 8.40. The third-order valence-corrected chi connectivity index (χ3v) is 5.30. The number of rotatable bonds is 13. The third-order valence-electron chi connectivity index (χ3n) is 5.30. The zero-order valence-electron chi connectivity index (χ0n) is 25.0. The van der Waals surface area contributed by atoms with E-state index in [9.17, 15) is 14.4 Å². The lowest BCUT2D eigenvalue weighted by Gasteiger charge is -2.11. The molecule has 42 heavy (non-hydrogen) atoms. The summed E-state index contributed by atoms with van der Waals surface area (Å²) < 4.78 is 44.6. The van der Waals surface area contributed by atoms with Crippen LogP contribution in [0.3, 0.4) is 0 Å². The van der Waals surface area contributed by atoms with Crippen LogP contribution in [0.1, 0.15) is 55.5 Å². The average molecular weight is 608 g/mol. The maximum absolute atomic E-state index is 12.2. The van der Waals surface area contributed by atoms with Gasteiger partial charge in [-0.05, 0) is 48.9 Å². The van der Waals surface area contributed by atoms with E-state index in [2.05, 4.69) is 31.3 Å². The molecule has 13 heteroatoms. The summed E-state index contributed by atoms with van der Waals surface area (Å²) in [5.74, 6) is 0.910. The van der Waals surface area contributed by atoms with E-state index in [-0.39, 0.29) is 24.3 Å². The van der Waals surface area contributed by atoms with E-state index in [0.717, 1.165) is 24.8 Å². The molecule has 0 aliphatic heterocycles. The van der Waals surface area contributed by atoms with E-state index in [1.807, 2.05) is 0 Å². The van der Waals surface area contributed by atoms with Gasteiger partial charge in [0.15, 0.2) is 23.9 Å². The van der Waals surface area contributed by atoms with Crippen molar-refractivity contribution in [2.24, 2.45) is 5.92 Å². The number of carbonyl (C=O) groups is 3. The minimum absolute atomic E-state index is 0.00967. The Bertz CT molecular complexity index is 1300. The van der Waals surface area contributed by atoms with Crippen LogP contribution in [-0.4, -0.2) is 63.3 Å². The van der Waals surface area contributed by atoms with Crippen LogP contribution >= 0.6 is 0 Å². The highest BCUT2D eigenvalue weighted by Gasteiger charge is 2.16. The Balaban J connectivity index is 0.00000162. The predicted octanol–water partition coefficient (Wildman–Crippen LogP) is 3.41. The number of carbonyl (C=O) groups excluding carboxylic acids is 3. The van der Waals surface area contributed by atoms with Crippen molar-refractivity contribution in [1.29, 1.82) is 0 Å². The fourth-order valence-electron chi connectivity index (χ4n) is 3.34. The van der Waals surface area contributed by atoms with Crippen molar-refractivity contribution >= 4 is 28.1 Å². The van der Waals surface area contributed by atoms with Gasteiger partial charge in [-0.1, -0.05) is 32.1 Å². The molecule has 0 fully saturated rings. The molecule has 1 N–H and O–H groups in total. The highest BCUT2D eigenvalue weighted by molar-refractivity contribution is 7.84. The van der Waals surface area contributed by atoms with E-state index in [0.29, 0.717) is 36.5 Å². The molecule has 2 amide bonds. The topological polar surface area (TPSA) is 155 Å². The summed E-state index contributed by atoms with van der Waals surface area (Å²) in [7, 11) is 0.872. The first-order valence-corrected chi connectivity index (χ1v) is 15.1. The van der Waals surface area contributed by atoms with Crippen molar-refractivity contribution in [3.05, 3.63) is 66.0 Å². The van der Waals surface area contributed by atoms with Gasteiger partial charge in [-0.2, -0.15) is 4.57 Å². The summed E-state index contributed by atoms with van der Waals surface area (Å²) in [5, 5.41) is 2.90. The molecule has 1 aromatic heterocycles. The third kappa shape index (κ3) is 16.3. The Morgan fingerprint density at radius 3 is 2.43 bits per heavy atom. The van der Waals surface area contributed by atoms with Crippen LogP contribution in [0.5, 0.6) is 11.5 Å².